The maximum Gasteiger partial charge on any atom is 0.341 e. The Bertz CT molecular complexity index is 486. The number of rotatable bonds is 3. The summed E-state index contributed by atoms with van der Waals surface area (Å²) in [5.41, 5.74) is -1.52. The smallest absolute Gasteiger partial charge is 0.341 e. The first kappa shape index (κ1) is 13.3. The average Bonchev–Trinajstić information content (AvgIpc) is 2.35. The van der Waals surface area contributed by atoms with Crippen molar-refractivity contribution in [1.82, 2.24) is 4.98 Å². The zero-order valence-corrected chi connectivity index (χ0v) is 9.46. The number of methoxy groups -OCH3 is 1. The molecule has 0 spiro atoms. The summed E-state index contributed by atoms with van der Waals surface area (Å²) in [6.45, 7) is 0. The third kappa shape index (κ3) is 2.50. The predicted octanol–water partition coefficient (Wildman–Crippen LogP) is 2.42. The number of halogens is 3. The number of carbonyl (C=O) groups excluding carboxylic acids is 1. The Labute approximate surface area is 101 Å². The molecule has 1 rings (SSSR count). The van der Waals surface area contributed by atoms with Gasteiger partial charge in [-0.1, -0.05) is 0 Å². The fourth-order valence-electron chi connectivity index (χ4n) is 1.31. The van der Waals surface area contributed by atoms with Crippen LogP contribution in [0.5, 0.6) is 0 Å². The van der Waals surface area contributed by atoms with Crippen LogP contribution in [0.1, 0.15) is 33.6 Å². The van der Waals surface area contributed by atoms with Crippen LogP contribution in [-0.2, 0) is 10.6 Å². The number of carbonyl (C=O) groups is 1. The van der Waals surface area contributed by atoms with E-state index in [2.05, 4.69) is 9.72 Å². The fraction of sp³-hybridized carbons (Fsp3) is 0.300. The van der Waals surface area contributed by atoms with E-state index in [1.165, 1.54) is 0 Å². The number of hydrogen-bond acceptors (Lipinski definition) is 4. The molecule has 0 N–H and O–H groups in total. The van der Waals surface area contributed by atoms with E-state index in [9.17, 15) is 13.6 Å². The van der Waals surface area contributed by atoms with Gasteiger partial charge in [0.1, 0.15) is 11.6 Å². The van der Waals surface area contributed by atoms with Gasteiger partial charge in [-0.3, -0.25) is 0 Å². The Balaban J connectivity index is 3.59. The molecular formula is C10H7ClF2N2O2. The number of ether oxygens (including phenoxy) is 1. The molecule has 4 nitrogen and oxygen atoms in total. The van der Waals surface area contributed by atoms with E-state index in [0.29, 0.717) is 0 Å². The summed E-state index contributed by atoms with van der Waals surface area (Å²) in [6.07, 6.45) is -1.88. The van der Waals surface area contributed by atoms with Crippen LogP contribution in [0.15, 0.2) is 6.20 Å². The van der Waals surface area contributed by atoms with Crippen LogP contribution in [0.25, 0.3) is 0 Å². The summed E-state index contributed by atoms with van der Waals surface area (Å²) in [4.78, 5) is 15.0. The van der Waals surface area contributed by atoms with Crippen molar-refractivity contribution in [2.45, 2.75) is 12.3 Å². The van der Waals surface area contributed by atoms with E-state index in [-0.39, 0.29) is 11.4 Å². The lowest BCUT2D eigenvalue weighted by atomic mass is 10.0. The van der Waals surface area contributed by atoms with Crippen molar-refractivity contribution >= 4 is 17.6 Å². The zero-order chi connectivity index (χ0) is 13.0. The molecule has 0 aromatic carbocycles. The van der Waals surface area contributed by atoms with Crippen LogP contribution >= 0.6 is 11.6 Å². The Hall–Kier alpha value is -1.74. The Morgan fingerprint density at radius 3 is 2.76 bits per heavy atom. The van der Waals surface area contributed by atoms with Crippen molar-refractivity contribution in [2.24, 2.45) is 0 Å². The first-order chi connectivity index (χ1) is 8.06. The quantitative estimate of drug-likeness (QED) is 0.618. The topological polar surface area (TPSA) is 63.0 Å². The highest BCUT2D eigenvalue weighted by Gasteiger charge is 2.26. The van der Waals surface area contributed by atoms with Gasteiger partial charge in [0, 0.05) is 17.6 Å². The molecule has 0 atom stereocenters. The zero-order valence-electron chi connectivity index (χ0n) is 8.71. The summed E-state index contributed by atoms with van der Waals surface area (Å²) in [5.74, 6) is -1.26. The number of nitrogens with zero attached hydrogens (tertiary/aromatic N) is 2. The second kappa shape index (κ2) is 5.55. The first-order valence-electron chi connectivity index (χ1n) is 4.41. The van der Waals surface area contributed by atoms with Crippen LogP contribution in [0, 0.1) is 11.3 Å². The number of aromatic nitrogens is 1. The number of alkyl halides is 3. The van der Waals surface area contributed by atoms with E-state index in [1.54, 1.807) is 6.07 Å². The van der Waals surface area contributed by atoms with Gasteiger partial charge >= 0.3 is 5.97 Å². The molecule has 0 aliphatic heterocycles. The van der Waals surface area contributed by atoms with Crippen molar-refractivity contribution in [1.29, 1.82) is 5.26 Å². The highest BCUT2D eigenvalue weighted by molar-refractivity contribution is 6.17. The first-order valence-corrected chi connectivity index (χ1v) is 4.94. The van der Waals surface area contributed by atoms with Gasteiger partial charge in [0.15, 0.2) is 5.69 Å². The highest BCUT2D eigenvalue weighted by atomic mass is 35.5. The van der Waals surface area contributed by atoms with E-state index in [0.717, 1.165) is 13.3 Å². The number of pyridine rings is 1. The summed E-state index contributed by atoms with van der Waals surface area (Å²) < 4.78 is 30.1. The minimum absolute atomic E-state index is 0.000988. The van der Waals surface area contributed by atoms with E-state index in [4.69, 9.17) is 16.9 Å². The van der Waals surface area contributed by atoms with Crippen molar-refractivity contribution in [2.75, 3.05) is 7.11 Å². The lowest BCUT2D eigenvalue weighted by Crippen LogP contribution is -2.12. The molecule has 0 fully saturated rings. The van der Waals surface area contributed by atoms with Gasteiger partial charge in [-0.05, 0) is 5.56 Å². The van der Waals surface area contributed by atoms with Crippen LogP contribution in [0.4, 0.5) is 8.78 Å². The largest absolute Gasteiger partial charge is 0.465 e. The van der Waals surface area contributed by atoms with Gasteiger partial charge in [0.05, 0.1) is 7.11 Å². The number of esters is 1. The number of nitriles is 1. The molecule has 0 aliphatic rings. The van der Waals surface area contributed by atoms with Crippen LogP contribution in [-0.4, -0.2) is 18.1 Å². The lowest BCUT2D eigenvalue weighted by molar-refractivity contribution is 0.0588. The SMILES string of the molecule is COC(=O)c1c(C#N)ncc(CCl)c1C(F)F. The maximum absolute atomic E-state index is 12.9. The average molecular weight is 261 g/mol. The molecule has 1 aromatic rings. The summed E-state index contributed by atoms with van der Waals surface area (Å²) in [7, 11) is 1.03. The molecule has 90 valence electrons. The highest BCUT2D eigenvalue weighted by Crippen LogP contribution is 2.29. The molecule has 0 unspecified atom stereocenters. The second-order valence-electron chi connectivity index (χ2n) is 2.96. The van der Waals surface area contributed by atoms with Crippen molar-refractivity contribution in [3.05, 3.63) is 28.6 Å². The van der Waals surface area contributed by atoms with Gasteiger partial charge in [-0.2, -0.15) is 5.26 Å². The molecule has 0 saturated heterocycles. The normalized spacial score (nSPS) is 10.1. The van der Waals surface area contributed by atoms with Crippen molar-refractivity contribution in [3.8, 4) is 6.07 Å². The van der Waals surface area contributed by atoms with Crippen LogP contribution < -0.4 is 0 Å². The standard InChI is InChI=1S/C10H7ClF2N2O2/c1-17-10(16)8-6(3-14)15-4-5(2-11)7(8)9(12)13/h4,9H,2H2,1H3. The van der Waals surface area contributed by atoms with Crippen molar-refractivity contribution in [3.63, 3.8) is 0 Å². The summed E-state index contributed by atoms with van der Waals surface area (Å²) in [5, 5.41) is 8.73. The van der Waals surface area contributed by atoms with Gasteiger partial charge in [0.25, 0.3) is 6.43 Å². The third-order valence-electron chi connectivity index (χ3n) is 2.06. The molecule has 0 amide bonds. The summed E-state index contributed by atoms with van der Waals surface area (Å²) >= 11 is 5.48. The molecule has 7 heteroatoms. The maximum atomic E-state index is 12.9. The molecule has 17 heavy (non-hydrogen) atoms. The molecule has 0 aliphatic carbocycles. The van der Waals surface area contributed by atoms with Gasteiger partial charge < -0.3 is 4.74 Å². The molecular weight excluding hydrogens is 254 g/mol. The summed E-state index contributed by atoms with van der Waals surface area (Å²) in [6, 6.07) is 1.57. The minimum Gasteiger partial charge on any atom is -0.465 e. The van der Waals surface area contributed by atoms with Crippen LogP contribution in [0.3, 0.4) is 0 Å². The predicted molar refractivity (Wildman–Crippen MR) is 54.8 cm³/mol. The Morgan fingerprint density at radius 1 is 1.71 bits per heavy atom. The van der Waals surface area contributed by atoms with E-state index in [1.807, 2.05) is 0 Å². The molecule has 0 saturated carbocycles. The van der Waals surface area contributed by atoms with Gasteiger partial charge in [0.2, 0.25) is 0 Å². The fourth-order valence-corrected chi connectivity index (χ4v) is 1.53. The molecule has 0 bridgehead atoms. The Kier molecular flexibility index (Phi) is 4.35. The van der Waals surface area contributed by atoms with E-state index >= 15 is 0 Å². The lowest BCUT2D eigenvalue weighted by Gasteiger charge is -2.11. The van der Waals surface area contributed by atoms with Crippen LogP contribution in [0.2, 0.25) is 0 Å². The molecule has 1 heterocycles. The van der Waals surface area contributed by atoms with Gasteiger partial charge in [-0.15, -0.1) is 11.6 Å². The monoisotopic (exact) mass is 260 g/mol. The van der Waals surface area contributed by atoms with Gasteiger partial charge in [-0.25, -0.2) is 18.6 Å². The third-order valence-corrected chi connectivity index (χ3v) is 2.35. The number of hydrogen-bond donors (Lipinski definition) is 0. The van der Waals surface area contributed by atoms with E-state index < -0.39 is 29.2 Å². The second-order valence-corrected chi connectivity index (χ2v) is 3.23. The van der Waals surface area contributed by atoms with Crippen molar-refractivity contribution < 1.29 is 18.3 Å². The minimum atomic E-state index is -2.94. The Morgan fingerprint density at radius 2 is 2.35 bits per heavy atom. The molecule has 1 aromatic heterocycles. The molecule has 0 radical (unpaired) electrons.